The van der Waals surface area contributed by atoms with Crippen LogP contribution in [0.2, 0.25) is 0 Å². The van der Waals surface area contributed by atoms with Gasteiger partial charge < -0.3 is 10.4 Å². The van der Waals surface area contributed by atoms with Crippen molar-refractivity contribution in [2.24, 2.45) is 0 Å². The Morgan fingerprint density at radius 1 is 1.53 bits per heavy atom. The molecule has 1 fully saturated rings. The highest BCUT2D eigenvalue weighted by molar-refractivity contribution is 7.12. The van der Waals surface area contributed by atoms with E-state index in [4.69, 9.17) is 0 Å². The maximum absolute atomic E-state index is 12.1. The average Bonchev–Trinajstić information content (AvgIpc) is 2.80. The van der Waals surface area contributed by atoms with Crippen LogP contribution in [-0.2, 0) is 6.42 Å². The topological polar surface area (TPSA) is 49.3 Å². The highest BCUT2D eigenvalue weighted by Gasteiger charge is 2.25. The molecule has 4 heteroatoms. The first-order chi connectivity index (χ1) is 8.22. The van der Waals surface area contributed by atoms with Gasteiger partial charge in [0.25, 0.3) is 5.91 Å². The van der Waals surface area contributed by atoms with E-state index >= 15 is 0 Å². The van der Waals surface area contributed by atoms with Gasteiger partial charge in [0, 0.05) is 0 Å². The molecule has 0 aromatic carbocycles. The third-order valence-corrected chi connectivity index (χ3v) is 4.34. The van der Waals surface area contributed by atoms with Gasteiger partial charge in [-0.25, -0.2) is 0 Å². The number of hydrogen-bond acceptors (Lipinski definition) is 3. The second-order valence-corrected chi connectivity index (χ2v) is 5.48. The van der Waals surface area contributed by atoms with Crippen molar-refractivity contribution in [2.45, 2.75) is 51.2 Å². The lowest BCUT2D eigenvalue weighted by Crippen LogP contribution is -2.45. The van der Waals surface area contributed by atoms with Crippen LogP contribution in [0.4, 0.5) is 0 Å². The van der Waals surface area contributed by atoms with Gasteiger partial charge in [0.2, 0.25) is 0 Å². The van der Waals surface area contributed by atoms with Crippen molar-refractivity contribution in [1.29, 1.82) is 0 Å². The summed E-state index contributed by atoms with van der Waals surface area (Å²) in [6.45, 7) is 2.05. The van der Waals surface area contributed by atoms with E-state index in [0.717, 1.165) is 42.5 Å². The number of aliphatic hydroxyl groups excluding tert-OH is 1. The van der Waals surface area contributed by atoms with E-state index in [1.165, 1.54) is 11.3 Å². The number of aliphatic hydroxyl groups is 1. The minimum absolute atomic E-state index is 0.0252. The van der Waals surface area contributed by atoms with Crippen LogP contribution in [-0.4, -0.2) is 23.2 Å². The molecule has 0 saturated heterocycles. The molecule has 0 unspecified atom stereocenters. The molecule has 1 aromatic rings. The molecule has 1 saturated carbocycles. The number of nitrogens with one attached hydrogen (secondary N) is 1. The molecular formula is C13H19NO2S. The van der Waals surface area contributed by atoms with Crippen molar-refractivity contribution in [1.82, 2.24) is 5.32 Å². The summed E-state index contributed by atoms with van der Waals surface area (Å²) >= 11 is 1.48. The van der Waals surface area contributed by atoms with Gasteiger partial charge in [0.1, 0.15) is 0 Å². The molecule has 2 rings (SSSR count). The smallest absolute Gasteiger partial charge is 0.261 e. The van der Waals surface area contributed by atoms with E-state index in [-0.39, 0.29) is 18.1 Å². The van der Waals surface area contributed by atoms with E-state index in [1.807, 2.05) is 18.4 Å². The summed E-state index contributed by atoms with van der Waals surface area (Å²) in [5.41, 5.74) is 1.10. The number of thiophene rings is 1. The van der Waals surface area contributed by atoms with Gasteiger partial charge in [-0.3, -0.25) is 4.79 Å². The lowest BCUT2D eigenvalue weighted by Gasteiger charge is -2.28. The van der Waals surface area contributed by atoms with Crippen molar-refractivity contribution in [3.8, 4) is 0 Å². The van der Waals surface area contributed by atoms with Crippen LogP contribution in [0.3, 0.4) is 0 Å². The van der Waals surface area contributed by atoms with Crippen LogP contribution >= 0.6 is 11.3 Å². The molecule has 1 aromatic heterocycles. The average molecular weight is 253 g/mol. The van der Waals surface area contributed by atoms with Gasteiger partial charge in [-0.15, -0.1) is 11.3 Å². The first-order valence-electron chi connectivity index (χ1n) is 6.27. The Morgan fingerprint density at radius 3 is 3.00 bits per heavy atom. The second-order valence-electron chi connectivity index (χ2n) is 4.56. The van der Waals surface area contributed by atoms with Crippen LogP contribution in [0, 0.1) is 0 Å². The fourth-order valence-corrected chi connectivity index (χ4v) is 3.23. The monoisotopic (exact) mass is 253 g/mol. The van der Waals surface area contributed by atoms with E-state index < -0.39 is 0 Å². The maximum Gasteiger partial charge on any atom is 0.261 e. The molecule has 17 heavy (non-hydrogen) atoms. The fraction of sp³-hybridized carbons (Fsp3) is 0.615. The van der Waals surface area contributed by atoms with E-state index in [0.29, 0.717) is 0 Å². The molecule has 0 bridgehead atoms. The number of carbonyl (C=O) groups excluding carboxylic acids is 1. The van der Waals surface area contributed by atoms with Crippen LogP contribution < -0.4 is 5.32 Å². The number of aryl methyl sites for hydroxylation is 1. The van der Waals surface area contributed by atoms with Crippen molar-refractivity contribution in [2.75, 3.05) is 0 Å². The van der Waals surface area contributed by atoms with Crippen LogP contribution in [0.1, 0.15) is 47.8 Å². The minimum atomic E-state index is -0.377. The predicted octanol–water partition coefficient (Wildman–Crippen LogP) is 2.34. The van der Waals surface area contributed by atoms with Gasteiger partial charge in [0.05, 0.1) is 17.0 Å². The lowest BCUT2D eigenvalue weighted by molar-refractivity contribution is 0.0719. The Bertz CT molecular complexity index is 389. The molecule has 0 aliphatic heterocycles. The number of carbonyl (C=O) groups is 1. The van der Waals surface area contributed by atoms with Gasteiger partial charge in [-0.2, -0.15) is 0 Å². The van der Waals surface area contributed by atoms with E-state index in [1.54, 1.807) is 0 Å². The van der Waals surface area contributed by atoms with E-state index in [2.05, 4.69) is 5.32 Å². The Balaban J connectivity index is 2.01. The third kappa shape index (κ3) is 2.87. The van der Waals surface area contributed by atoms with Crippen molar-refractivity contribution >= 4 is 17.2 Å². The highest BCUT2D eigenvalue weighted by atomic mass is 32.1. The first-order valence-corrected chi connectivity index (χ1v) is 7.15. The Morgan fingerprint density at radius 2 is 2.29 bits per heavy atom. The summed E-state index contributed by atoms with van der Waals surface area (Å²) in [6, 6.07) is 1.93. The SMILES string of the molecule is CCc1ccsc1C(=O)N[C@H]1CCCC[C@@H]1O. The van der Waals surface area contributed by atoms with Gasteiger partial charge in [0.15, 0.2) is 0 Å². The fourth-order valence-electron chi connectivity index (χ4n) is 2.33. The zero-order valence-electron chi connectivity index (χ0n) is 10.1. The summed E-state index contributed by atoms with van der Waals surface area (Å²) < 4.78 is 0. The van der Waals surface area contributed by atoms with Crippen molar-refractivity contribution < 1.29 is 9.90 Å². The molecule has 3 nitrogen and oxygen atoms in total. The second kappa shape index (κ2) is 5.65. The van der Waals surface area contributed by atoms with Crippen LogP contribution in [0.15, 0.2) is 11.4 Å². The Labute approximate surface area is 106 Å². The summed E-state index contributed by atoms with van der Waals surface area (Å²) in [6.07, 6.45) is 4.34. The molecule has 0 spiro atoms. The lowest BCUT2D eigenvalue weighted by atomic mass is 9.92. The number of rotatable bonds is 3. The minimum Gasteiger partial charge on any atom is -0.391 e. The van der Waals surface area contributed by atoms with Crippen LogP contribution in [0.5, 0.6) is 0 Å². The summed E-state index contributed by atoms with van der Waals surface area (Å²) in [4.78, 5) is 12.9. The van der Waals surface area contributed by atoms with Gasteiger partial charge in [-0.1, -0.05) is 19.8 Å². The molecule has 1 heterocycles. The van der Waals surface area contributed by atoms with Crippen molar-refractivity contribution in [3.63, 3.8) is 0 Å². The highest BCUT2D eigenvalue weighted by Crippen LogP contribution is 2.21. The first kappa shape index (κ1) is 12.6. The van der Waals surface area contributed by atoms with E-state index in [9.17, 15) is 9.90 Å². The normalized spacial score (nSPS) is 24.6. The number of amides is 1. The molecule has 2 N–H and O–H groups in total. The van der Waals surface area contributed by atoms with Crippen molar-refractivity contribution in [3.05, 3.63) is 21.9 Å². The zero-order valence-corrected chi connectivity index (χ0v) is 10.9. The standard InChI is InChI=1S/C13H19NO2S/c1-2-9-7-8-17-12(9)13(16)14-10-5-3-4-6-11(10)15/h7-8,10-11,15H,2-6H2,1H3,(H,14,16)/t10-,11-/m0/s1. The summed E-state index contributed by atoms with van der Waals surface area (Å²) in [5, 5.41) is 14.7. The quantitative estimate of drug-likeness (QED) is 0.868. The maximum atomic E-state index is 12.1. The van der Waals surface area contributed by atoms with Gasteiger partial charge in [-0.05, 0) is 36.3 Å². The zero-order chi connectivity index (χ0) is 12.3. The largest absolute Gasteiger partial charge is 0.391 e. The molecule has 1 aliphatic carbocycles. The molecule has 1 amide bonds. The third-order valence-electron chi connectivity index (χ3n) is 3.38. The summed E-state index contributed by atoms with van der Waals surface area (Å²) in [7, 11) is 0. The molecule has 2 atom stereocenters. The molecular weight excluding hydrogens is 234 g/mol. The Hall–Kier alpha value is -0.870. The molecule has 94 valence electrons. The molecule has 1 aliphatic rings. The van der Waals surface area contributed by atoms with Gasteiger partial charge >= 0.3 is 0 Å². The Kier molecular flexibility index (Phi) is 4.18. The molecule has 0 radical (unpaired) electrons. The van der Waals surface area contributed by atoms with Crippen LogP contribution in [0.25, 0.3) is 0 Å². The predicted molar refractivity (Wildman–Crippen MR) is 69.4 cm³/mol. The number of hydrogen-bond donors (Lipinski definition) is 2. The summed E-state index contributed by atoms with van der Waals surface area (Å²) in [5.74, 6) is -0.0252.